The minimum absolute atomic E-state index is 0.614. The molecule has 0 aromatic carbocycles. The summed E-state index contributed by atoms with van der Waals surface area (Å²) in [6.07, 6.45) is 7.95. The van der Waals surface area contributed by atoms with E-state index in [1.807, 2.05) is 0 Å². The minimum Gasteiger partial charge on any atom is -0.369 e. The van der Waals surface area contributed by atoms with Crippen LogP contribution in [0.1, 0.15) is 32.4 Å². The van der Waals surface area contributed by atoms with E-state index in [-0.39, 0.29) is 0 Å². The first kappa shape index (κ1) is 14.8. The molecule has 0 aliphatic carbocycles. The van der Waals surface area contributed by atoms with Crippen LogP contribution in [-0.4, -0.2) is 26.5 Å². The van der Waals surface area contributed by atoms with Gasteiger partial charge < -0.3 is 5.32 Å². The average Bonchev–Trinajstić information content (AvgIpc) is 2.49. The summed E-state index contributed by atoms with van der Waals surface area (Å²) in [6.45, 7) is 5.13. The zero-order valence-electron chi connectivity index (χ0n) is 11.7. The summed E-state index contributed by atoms with van der Waals surface area (Å²) in [5, 5.41) is 3.33. The number of nitrogens with one attached hydrogen (secondary N) is 1. The van der Waals surface area contributed by atoms with Gasteiger partial charge in [-0.15, -0.1) is 0 Å². The van der Waals surface area contributed by atoms with Gasteiger partial charge in [-0.3, -0.25) is 4.98 Å². The highest BCUT2D eigenvalue weighted by atomic mass is 79.9. The first-order chi connectivity index (χ1) is 9.76. The molecule has 0 saturated heterocycles. The van der Waals surface area contributed by atoms with Crippen LogP contribution >= 0.6 is 15.9 Å². The van der Waals surface area contributed by atoms with Crippen molar-refractivity contribution in [3.8, 4) is 11.5 Å². The SMILES string of the molecule is CCCNc1nc(-c2cnccn2)nc(CCC)c1Br. The summed E-state index contributed by atoms with van der Waals surface area (Å²) in [5.41, 5.74) is 1.69. The van der Waals surface area contributed by atoms with E-state index in [2.05, 4.69) is 55.0 Å². The van der Waals surface area contributed by atoms with E-state index in [4.69, 9.17) is 0 Å². The second-order valence-electron chi connectivity index (χ2n) is 4.42. The molecule has 0 spiro atoms. The molecule has 2 rings (SSSR count). The summed E-state index contributed by atoms with van der Waals surface area (Å²) in [6, 6.07) is 0. The van der Waals surface area contributed by atoms with Crippen LogP contribution in [0.5, 0.6) is 0 Å². The third-order valence-electron chi connectivity index (χ3n) is 2.74. The first-order valence-electron chi connectivity index (χ1n) is 6.82. The van der Waals surface area contributed by atoms with E-state index in [0.29, 0.717) is 11.5 Å². The monoisotopic (exact) mass is 335 g/mol. The zero-order valence-corrected chi connectivity index (χ0v) is 13.3. The molecule has 0 radical (unpaired) electrons. The Hall–Kier alpha value is -1.56. The predicted molar refractivity (Wildman–Crippen MR) is 83.5 cm³/mol. The molecule has 0 amide bonds. The standard InChI is InChI=1S/C14H18BrN5/c1-3-5-10-12(15)14(18-6-4-2)20-13(19-10)11-9-16-7-8-17-11/h7-9H,3-6H2,1-2H3,(H,18,19,20). The molecule has 2 heterocycles. The van der Waals surface area contributed by atoms with E-state index in [1.165, 1.54) is 0 Å². The Balaban J connectivity index is 2.44. The molecule has 2 aromatic rings. The number of aromatic nitrogens is 4. The summed E-state index contributed by atoms with van der Waals surface area (Å²) in [5.74, 6) is 1.44. The Labute approximate surface area is 127 Å². The van der Waals surface area contributed by atoms with Gasteiger partial charge in [0.2, 0.25) is 0 Å². The van der Waals surface area contributed by atoms with Crippen LogP contribution in [0.4, 0.5) is 5.82 Å². The van der Waals surface area contributed by atoms with Crippen LogP contribution in [0, 0.1) is 0 Å². The van der Waals surface area contributed by atoms with Crippen molar-refractivity contribution in [2.24, 2.45) is 0 Å². The van der Waals surface area contributed by atoms with Gasteiger partial charge in [0.25, 0.3) is 0 Å². The Kier molecular flexibility index (Phi) is 5.40. The second kappa shape index (κ2) is 7.28. The van der Waals surface area contributed by atoms with E-state index >= 15 is 0 Å². The van der Waals surface area contributed by atoms with Crippen molar-refractivity contribution in [1.82, 2.24) is 19.9 Å². The largest absolute Gasteiger partial charge is 0.369 e. The van der Waals surface area contributed by atoms with Gasteiger partial charge >= 0.3 is 0 Å². The van der Waals surface area contributed by atoms with Crippen molar-refractivity contribution in [2.75, 3.05) is 11.9 Å². The first-order valence-corrected chi connectivity index (χ1v) is 7.62. The van der Waals surface area contributed by atoms with Crippen molar-refractivity contribution in [1.29, 1.82) is 0 Å². The molecule has 5 nitrogen and oxygen atoms in total. The van der Waals surface area contributed by atoms with Crippen LogP contribution in [0.2, 0.25) is 0 Å². The lowest BCUT2D eigenvalue weighted by Gasteiger charge is -2.12. The summed E-state index contributed by atoms with van der Waals surface area (Å²) in [4.78, 5) is 17.5. The highest BCUT2D eigenvalue weighted by molar-refractivity contribution is 9.10. The van der Waals surface area contributed by atoms with Crippen LogP contribution in [0.3, 0.4) is 0 Å². The molecule has 0 unspecified atom stereocenters. The summed E-state index contributed by atoms with van der Waals surface area (Å²) in [7, 11) is 0. The number of hydrogen-bond donors (Lipinski definition) is 1. The van der Waals surface area contributed by atoms with Gasteiger partial charge in [-0.05, 0) is 28.8 Å². The average molecular weight is 336 g/mol. The maximum Gasteiger partial charge on any atom is 0.182 e. The van der Waals surface area contributed by atoms with Crippen LogP contribution in [-0.2, 0) is 6.42 Å². The van der Waals surface area contributed by atoms with Gasteiger partial charge in [-0.1, -0.05) is 20.3 Å². The Morgan fingerprint density at radius 1 is 1.15 bits per heavy atom. The van der Waals surface area contributed by atoms with Gasteiger partial charge in [-0.25, -0.2) is 15.0 Å². The molecule has 20 heavy (non-hydrogen) atoms. The maximum absolute atomic E-state index is 4.60. The van der Waals surface area contributed by atoms with Gasteiger partial charge in [-0.2, -0.15) is 0 Å². The number of anilines is 1. The molecule has 6 heteroatoms. The van der Waals surface area contributed by atoms with Crippen molar-refractivity contribution in [3.05, 3.63) is 28.8 Å². The maximum atomic E-state index is 4.60. The number of hydrogen-bond acceptors (Lipinski definition) is 5. The minimum atomic E-state index is 0.614. The summed E-state index contributed by atoms with van der Waals surface area (Å²) < 4.78 is 0.945. The molecule has 0 aliphatic rings. The van der Waals surface area contributed by atoms with Crippen molar-refractivity contribution >= 4 is 21.7 Å². The van der Waals surface area contributed by atoms with Gasteiger partial charge in [0.15, 0.2) is 5.82 Å². The Morgan fingerprint density at radius 3 is 2.65 bits per heavy atom. The second-order valence-corrected chi connectivity index (χ2v) is 5.22. The molecule has 0 saturated carbocycles. The molecule has 0 atom stereocenters. The normalized spacial score (nSPS) is 10.6. The summed E-state index contributed by atoms with van der Waals surface area (Å²) >= 11 is 3.60. The molecule has 0 fully saturated rings. The third kappa shape index (κ3) is 3.50. The lowest BCUT2D eigenvalue weighted by atomic mass is 10.2. The fraction of sp³-hybridized carbons (Fsp3) is 0.429. The van der Waals surface area contributed by atoms with Gasteiger partial charge in [0.1, 0.15) is 11.5 Å². The number of aryl methyl sites for hydroxylation is 1. The molecule has 1 N–H and O–H groups in total. The zero-order chi connectivity index (χ0) is 14.4. The quantitative estimate of drug-likeness (QED) is 0.875. The molecular weight excluding hydrogens is 318 g/mol. The fourth-order valence-electron chi connectivity index (χ4n) is 1.79. The van der Waals surface area contributed by atoms with Crippen molar-refractivity contribution in [2.45, 2.75) is 33.1 Å². The number of rotatable bonds is 6. The molecular formula is C14H18BrN5. The highest BCUT2D eigenvalue weighted by Crippen LogP contribution is 2.27. The smallest absolute Gasteiger partial charge is 0.182 e. The number of halogens is 1. The molecule has 0 aliphatic heterocycles. The molecule has 106 valence electrons. The van der Waals surface area contributed by atoms with Gasteiger partial charge in [0, 0.05) is 18.9 Å². The van der Waals surface area contributed by atoms with Crippen LogP contribution in [0.15, 0.2) is 23.1 Å². The molecule has 2 aromatic heterocycles. The van der Waals surface area contributed by atoms with E-state index in [9.17, 15) is 0 Å². The van der Waals surface area contributed by atoms with E-state index in [1.54, 1.807) is 18.6 Å². The highest BCUT2D eigenvalue weighted by Gasteiger charge is 2.13. The Morgan fingerprint density at radius 2 is 2.00 bits per heavy atom. The predicted octanol–water partition coefficient (Wildman–Crippen LogP) is 3.47. The third-order valence-corrected chi connectivity index (χ3v) is 3.57. The topological polar surface area (TPSA) is 63.6 Å². The Bertz CT molecular complexity index is 559. The lowest BCUT2D eigenvalue weighted by Crippen LogP contribution is -2.08. The van der Waals surface area contributed by atoms with Crippen LogP contribution in [0.25, 0.3) is 11.5 Å². The van der Waals surface area contributed by atoms with Crippen molar-refractivity contribution in [3.63, 3.8) is 0 Å². The lowest BCUT2D eigenvalue weighted by molar-refractivity contribution is 0.863. The fourth-order valence-corrected chi connectivity index (χ4v) is 2.30. The number of nitrogens with zero attached hydrogens (tertiary/aromatic N) is 4. The van der Waals surface area contributed by atoms with Gasteiger partial charge in [0.05, 0.1) is 16.4 Å². The van der Waals surface area contributed by atoms with E-state index < -0.39 is 0 Å². The van der Waals surface area contributed by atoms with Crippen LogP contribution < -0.4 is 5.32 Å². The molecule has 0 bridgehead atoms. The van der Waals surface area contributed by atoms with E-state index in [0.717, 1.165) is 41.8 Å². The van der Waals surface area contributed by atoms with Crippen molar-refractivity contribution < 1.29 is 0 Å².